The zero-order valence-electron chi connectivity index (χ0n) is 10.8. The summed E-state index contributed by atoms with van der Waals surface area (Å²) in [6, 6.07) is 3.98. The molecule has 1 saturated heterocycles. The summed E-state index contributed by atoms with van der Waals surface area (Å²) in [5.41, 5.74) is 0.743. The molecule has 2 aliphatic rings. The number of hydrogen-bond acceptors (Lipinski definition) is 3. The summed E-state index contributed by atoms with van der Waals surface area (Å²) in [5.74, 6) is 0.901. The number of fused-ring (bicyclic) bond motifs is 2. The molecule has 1 aromatic heterocycles. The van der Waals surface area contributed by atoms with Crippen molar-refractivity contribution in [1.82, 2.24) is 9.88 Å². The van der Waals surface area contributed by atoms with Gasteiger partial charge >= 0.3 is 0 Å². The van der Waals surface area contributed by atoms with Crippen LogP contribution in [0.25, 0.3) is 0 Å². The number of pyridine rings is 1. The topological polar surface area (TPSA) is 45.2 Å². The first-order valence-electron chi connectivity index (χ1n) is 6.75. The van der Waals surface area contributed by atoms with Gasteiger partial charge in [-0.1, -0.05) is 13.0 Å². The smallest absolute Gasteiger partial charge is 0.237 e. The van der Waals surface area contributed by atoms with E-state index in [-0.39, 0.29) is 11.3 Å². The molecule has 0 saturated carbocycles. The zero-order valence-corrected chi connectivity index (χ0v) is 10.8. The normalized spacial score (nSPS) is 27.3. The average Bonchev–Trinajstić information content (AvgIpc) is 2.64. The van der Waals surface area contributed by atoms with E-state index < -0.39 is 0 Å². The fraction of sp³-hybridized carbons (Fsp3) is 0.571. The highest BCUT2D eigenvalue weighted by Crippen LogP contribution is 2.42. The number of amides is 1. The van der Waals surface area contributed by atoms with Crippen LogP contribution < -0.4 is 5.32 Å². The van der Waals surface area contributed by atoms with Gasteiger partial charge in [-0.05, 0) is 38.4 Å². The Kier molecular flexibility index (Phi) is 2.82. The Hall–Kier alpha value is -1.42. The first-order chi connectivity index (χ1) is 8.76. The molecule has 3 rings (SSSR count). The molecule has 0 bridgehead atoms. The number of hydrogen-bond donors (Lipinski definition) is 1. The van der Waals surface area contributed by atoms with Crippen LogP contribution in [0.2, 0.25) is 0 Å². The second-order valence-corrected chi connectivity index (χ2v) is 5.32. The molecule has 1 N–H and O–H groups in total. The first-order valence-corrected chi connectivity index (χ1v) is 6.75. The molecule has 0 aromatic carbocycles. The van der Waals surface area contributed by atoms with E-state index in [1.807, 2.05) is 6.07 Å². The molecular weight excluding hydrogens is 226 g/mol. The monoisotopic (exact) mass is 245 g/mol. The highest BCUT2D eigenvalue weighted by Gasteiger charge is 2.49. The van der Waals surface area contributed by atoms with E-state index in [9.17, 15) is 4.79 Å². The summed E-state index contributed by atoms with van der Waals surface area (Å²) in [4.78, 5) is 19.1. The Morgan fingerprint density at radius 1 is 1.56 bits per heavy atom. The Balaban J connectivity index is 1.96. The SMILES string of the molecule is CCCN1CCC[C@]2(C1)C(=O)Nc1ncccc12. The van der Waals surface area contributed by atoms with Gasteiger partial charge in [0.25, 0.3) is 0 Å². The van der Waals surface area contributed by atoms with Crippen molar-refractivity contribution >= 4 is 11.7 Å². The van der Waals surface area contributed by atoms with Gasteiger partial charge in [0, 0.05) is 18.3 Å². The van der Waals surface area contributed by atoms with Crippen molar-refractivity contribution in [1.29, 1.82) is 0 Å². The minimum atomic E-state index is -0.350. The highest BCUT2D eigenvalue weighted by atomic mass is 16.2. The summed E-state index contributed by atoms with van der Waals surface area (Å²) >= 11 is 0. The molecule has 1 atom stereocenters. The van der Waals surface area contributed by atoms with E-state index in [1.165, 1.54) is 0 Å². The molecule has 3 heterocycles. The van der Waals surface area contributed by atoms with Gasteiger partial charge in [0.15, 0.2) is 0 Å². The predicted octanol–water partition coefficient (Wildman–Crippen LogP) is 1.78. The van der Waals surface area contributed by atoms with Crippen LogP contribution in [0.5, 0.6) is 0 Å². The molecule has 96 valence electrons. The second kappa shape index (κ2) is 4.35. The van der Waals surface area contributed by atoms with Crippen molar-refractivity contribution in [2.75, 3.05) is 25.0 Å². The van der Waals surface area contributed by atoms with Crippen LogP contribution in [0.1, 0.15) is 31.7 Å². The van der Waals surface area contributed by atoms with Gasteiger partial charge in [0.1, 0.15) is 5.82 Å². The van der Waals surface area contributed by atoms with E-state index in [0.717, 1.165) is 50.3 Å². The number of likely N-dealkylation sites (tertiary alicyclic amines) is 1. The lowest BCUT2D eigenvalue weighted by molar-refractivity contribution is -0.122. The zero-order chi connectivity index (χ0) is 12.6. The molecule has 0 unspecified atom stereocenters. The summed E-state index contributed by atoms with van der Waals surface area (Å²) < 4.78 is 0. The maximum atomic E-state index is 12.4. The molecule has 1 amide bonds. The minimum Gasteiger partial charge on any atom is -0.310 e. The number of carbonyl (C=O) groups is 1. The van der Waals surface area contributed by atoms with E-state index >= 15 is 0 Å². The Labute approximate surface area is 107 Å². The Morgan fingerprint density at radius 3 is 3.28 bits per heavy atom. The van der Waals surface area contributed by atoms with E-state index in [4.69, 9.17) is 0 Å². The maximum Gasteiger partial charge on any atom is 0.237 e. The third-order valence-electron chi connectivity index (χ3n) is 4.10. The van der Waals surface area contributed by atoms with Gasteiger partial charge < -0.3 is 10.2 Å². The van der Waals surface area contributed by atoms with E-state index in [0.29, 0.717) is 0 Å². The number of anilines is 1. The van der Waals surface area contributed by atoms with Crippen LogP contribution in [0, 0.1) is 0 Å². The van der Waals surface area contributed by atoms with Gasteiger partial charge in [0.2, 0.25) is 5.91 Å². The van der Waals surface area contributed by atoms with Crippen molar-refractivity contribution in [3.8, 4) is 0 Å². The number of aromatic nitrogens is 1. The molecule has 1 fully saturated rings. The van der Waals surface area contributed by atoms with Crippen molar-refractivity contribution in [2.45, 2.75) is 31.6 Å². The molecule has 4 nitrogen and oxygen atoms in total. The summed E-state index contributed by atoms with van der Waals surface area (Å²) in [6.45, 7) is 5.21. The molecule has 1 spiro atoms. The van der Waals surface area contributed by atoms with Crippen LogP contribution in [0.3, 0.4) is 0 Å². The van der Waals surface area contributed by atoms with Crippen LogP contribution in [0.15, 0.2) is 18.3 Å². The Bertz CT molecular complexity index is 472. The fourth-order valence-corrected chi connectivity index (χ4v) is 3.30. The third-order valence-corrected chi connectivity index (χ3v) is 4.10. The summed E-state index contributed by atoms with van der Waals surface area (Å²) in [5, 5.41) is 2.94. The molecule has 4 heteroatoms. The van der Waals surface area contributed by atoms with Crippen molar-refractivity contribution in [3.05, 3.63) is 23.9 Å². The van der Waals surface area contributed by atoms with Gasteiger partial charge in [-0.3, -0.25) is 4.79 Å². The lowest BCUT2D eigenvalue weighted by Crippen LogP contribution is -2.50. The first kappa shape index (κ1) is 11.7. The number of nitrogens with zero attached hydrogens (tertiary/aromatic N) is 2. The van der Waals surface area contributed by atoms with Crippen LogP contribution in [0.4, 0.5) is 5.82 Å². The maximum absolute atomic E-state index is 12.4. The quantitative estimate of drug-likeness (QED) is 0.863. The molecule has 18 heavy (non-hydrogen) atoms. The lowest BCUT2D eigenvalue weighted by Gasteiger charge is -2.38. The third kappa shape index (κ3) is 1.63. The van der Waals surface area contributed by atoms with E-state index in [1.54, 1.807) is 6.20 Å². The lowest BCUT2D eigenvalue weighted by atomic mass is 9.75. The van der Waals surface area contributed by atoms with Gasteiger partial charge in [0.05, 0.1) is 5.41 Å². The standard InChI is InChI=1S/C14H19N3O/c1-2-8-17-9-4-6-14(10-17)11-5-3-7-15-12(11)16-13(14)18/h3,5,7H,2,4,6,8-10H2,1H3,(H,15,16,18)/t14-/m1/s1. The number of nitrogens with one attached hydrogen (secondary N) is 1. The van der Waals surface area contributed by atoms with Gasteiger partial charge in [-0.2, -0.15) is 0 Å². The Morgan fingerprint density at radius 2 is 2.44 bits per heavy atom. The van der Waals surface area contributed by atoms with Crippen LogP contribution in [-0.2, 0) is 10.2 Å². The number of carbonyl (C=O) groups excluding carboxylic acids is 1. The fourth-order valence-electron chi connectivity index (χ4n) is 3.30. The van der Waals surface area contributed by atoms with Crippen molar-refractivity contribution < 1.29 is 4.79 Å². The summed E-state index contributed by atoms with van der Waals surface area (Å²) in [6.07, 6.45) is 4.90. The molecule has 0 radical (unpaired) electrons. The largest absolute Gasteiger partial charge is 0.310 e. The van der Waals surface area contributed by atoms with Crippen LogP contribution in [-0.4, -0.2) is 35.4 Å². The minimum absolute atomic E-state index is 0.136. The second-order valence-electron chi connectivity index (χ2n) is 5.32. The molecule has 1 aromatic rings. The van der Waals surface area contributed by atoms with Crippen molar-refractivity contribution in [3.63, 3.8) is 0 Å². The highest BCUT2D eigenvalue weighted by molar-refractivity contribution is 6.05. The number of rotatable bonds is 2. The van der Waals surface area contributed by atoms with E-state index in [2.05, 4.69) is 28.2 Å². The van der Waals surface area contributed by atoms with Crippen LogP contribution >= 0.6 is 0 Å². The van der Waals surface area contributed by atoms with Gasteiger partial charge in [-0.15, -0.1) is 0 Å². The van der Waals surface area contributed by atoms with Gasteiger partial charge in [-0.25, -0.2) is 4.98 Å². The van der Waals surface area contributed by atoms with Crippen molar-refractivity contribution in [2.24, 2.45) is 0 Å². The summed E-state index contributed by atoms with van der Waals surface area (Å²) in [7, 11) is 0. The molecule has 2 aliphatic heterocycles. The average molecular weight is 245 g/mol. The molecule has 0 aliphatic carbocycles. The molecular formula is C14H19N3O. The predicted molar refractivity (Wildman–Crippen MR) is 70.5 cm³/mol. The number of piperidine rings is 1.